The molecule has 0 amide bonds. The summed E-state index contributed by atoms with van der Waals surface area (Å²) in [5, 5.41) is 9.91. The van der Waals surface area contributed by atoms with Crippen molar-refractivity contribution in [2.45, 2.75) is 6.54 Å². The lowest BCUT2D eigenvalue weighted by Crippen LogP contribution is -2.35. The van der Waals surface area contributed by atoms with Gasteiger partial charge in [0, 0.05) is 31.3 Å². The quantitative estimate of drug-likeness (QED) is 0.830. The molecule has 0 unspecified atom stereocenters. The molecule has 2 heterocycles. The zero-order valence-electron chi connectivity index (χ0n) is 9.52. The number of rotatable bonds is 2. The van der Waals surface area contributed by atoms with Crippen LogP contribution >= 0.6 is 0 Å². The van der Waals surface area contributed by atoms with Crippen molar-refractivity contribution in [3.05, 3.63) is 17.7 Å². The van der Waals surface area contributed by atoms with Gasteiger partial charge in [-0.25, -0.2) is 0 Å². The Hall–Kier alpha value is -1.46. The van der Waals surface area contributed by atoms with E-state index in [-0.39, 0.29) is 12.5 Å². The molecular formula is C12H15NO4. The maximum absolute atomic E-state index is 9.91. The molecule has 0 saturated carbocycles. The van der Waals surface area contributed by atoms with Gasteiger partial charge in [0.2, 0.25) is 6.79 Å². The predicted molar refractivity (Wildman–Crippen MR) is 60.3 cm³/mol. The Bertz CT molecular complexity index is 415. The van der Waals surface area contributed by atoms with Crippen molar-refractivity contribution in [2.24, 2.45) is 0 Å². The predicted octanol–water partition coefficient (Wildman–Crippen LogP) is 0.953. The molecule has 17 heavy (non-hydrogen) atoms. The number of fused-ring (bicyclic) bond motifs is 1. The fraction of sp³-hybridized carbons (Fsp3) is 0.500. The molecule has 0 bridgehead atoms. The van der Waals surface area contributed by atoms with Crippen molar-refractivity contribution in [2.75, 3.05) is 33.1 Å². The zero-order chi connectivity index (χ0) is 11.7. The minimum Gasteiger partial charge on any atom is -0.507 e. The fourth-order valence-electron chi connectivity index (χ4n) is 2.10. The topological polar surface area (TPSA) is 51.2 Å². The maximum atomic E-state index is 9.91. The summed E-state index contributed by atoms with van der Waals surface area (Å²) in [5.41, 5.74) is 0.871. The lowest BCUT2D eigenvalue weighted by Gasteiger charge is -2.26. The molecule has 0 radical (unpaired) electrons. The van der Waals surface area contributed by atoms with Crippen molar-refractivity contribution >= 4 is 0 Å². The lowest BCUT2D eigenvalue weighted by molar-refractivity contribution is 0.0338. The monoisotopic (exact) mass is 237 g/mol. The maximum Gasteiger partial charge on any atom is 0.231 e. The summed E-state index contributed by atoms with van der Waals surface area (Å²) in [6, 6.07) is 3.48. The number of benzene rings is 1. The third-order valence-corrected chi connectivity index (χ3v) is 3.07. The van der Waals surface area contributed by atoms with E-state index in [4.69, 9.17) is 14.2 Å². The number of phenols is 1. The van der Waals surface area contributed by atoms with E-state index >= 15 is 0 Å². The summed E-state index contributed by atoms with van der Waals surface area (Å²) in [7, 11) is 0. The Labute approximate surface area is 99.5 Å². The van der Waals surface area contributed by atoms with Gasteiger partial charge < -0.3 is 19.3 Å². The highest BCUT2D eigenvalue weighted by Gasteiger charge is 2.19. The van der Waals surface area contributed by atoms with Gasteiger partial charge >= 0.3 is 0 Å². The first kappa shape index (κ1) is 10.7. The summed E-state index contributed by atoms with van der Waals surface area (Å²) in [4.78, 5) is 2.25. The Balaban J connectivity index is 1.78. The van der Waals surface area contributed by atoms with E-state index in [1.54, 1.807) is 6.07 Å². The van der Waals surface area contributed by atoms with Crippen LogP contribution in [0.1, 0.15) is 5.56 Å². The Morgan fingerprint density at radius 2 is 1.82 bits per heavy atom. The van der Waals surface area contributed by atoms with Crippen molar-refractivity contribution in [1.82, 2.24) is 4.90 Å². The van der Waals surface area contributed by atoms with Crippen LogP contribution in [0.25, 0.3) is 0 Å². The standard InChI is InChI=1S/C12H15NO4/c14-10-6-12-11(16-8-17-12)5-9(10)7-13-1-3-15-4-2-13/h5-6,14H,1-4,7-8H2. The summed E-state index contributed by atoms with van der Waals surface area (Å²) in [5.74, 6) is 1.60. The molecule has 92 valence electrons. The molecule has 1 N–H and O–H groups in total. The van der Waals surface area contributed by atoms with Crippen LogP contribution in [0.4, 0.5) is 0 Å². The third-order valence-electron chi connectivity index (χ3n) is 3.07. The van der Waals surface area contributed by atoms with E-state index in [2.05, 4.69) is 4.90 Å². The van der Waals surface area contributed by atoms with Gasteiger partial charge in [-0.15, -0.1) is 0 Å². The van der Waals surface area contributed by atoms with Crippen LogP contribution in [0.5, 0.6) is 17.2 Å². The van der Waals surface area contributed by atoms with E-state index in [0.29, 0.717) is 18.0 Å². The molecule has 0 aliphatic carbocycles. The summed E-state index contributed by atoms with van der Waals surface area (Å²) in [6.45, 7) is 4.25. The van der Waals surface area contributed by atoms with Crippen molar-refractivity contribution in [1.29, 1.82) is 0 Å². The molecule has 1 aromatic carbocycles. The lowest BCUT2D eigenvalue weighted by atomic mass is 10.1. The molecule has 5 nitrogen and oxygen atoms in total. The normalized spacial score (nSPS) is 19.5. The van der Waals surface area contributed by atoms with E-state index in [1.807, 2.05) is 6.07 Å². The van der Waals surface area contributed by atoms with Crippen LogP contribution in [-0.2, 0) is 11.3 Å². The summed E-state index contributed by atoms with van der Waals surface area (Å²) >= 11 is 0. The largest absolute Gasteiger partial charge is 0.507 e. The number of aromatic hydroxyl groups is 1. The van der Waals surface area contributed by atoms with Crippen molar-refractivity contribution < 1.29 is 19.3 Å². The van der Waals surface area contributed by atoms with Gasteiger partial charge in [-0.2, -0.15) is 0 Å². The third kappa shape index (κ3) is 2.16. The van der Waals surface area contributed by atoms with E-state index in [0.717, 1.165) is 31.9 Å². The van der Waals surface area contributed by atoms with Crippen LogP contribution in [0.2, 0.25) is 0 Å². The first-order valence-corrected chi connectivity index (χ1v) is 5.74. The van der Waals surface area contributed by atoms with Crippen molar-refractivity contribution in [3.8, 4) is 17.2 Å². The minimum absolute atomic E-state index is 0.232. The second kappa shape index (κ2) is 4.43. The Morgan fingerprint density at radius 1 is 1.12 bits per heavy atom. The van der Waals surface area contributed by atoms with Gasteiger partial charge in [0.25, 0.3) is 0 Å². The molecule has 1 fully saturated rings. The average Bonchev–Trinajstić information content (AvgIpc) is 2.78. The van der Waals surface area contributed by atoms with Gasteiger partial charge in [-0.3, -0.25) is 4.90 Å². The number of nitrogens with zero attached hydrogens (tertiary/aromatic N) is 1. The highest BCUT2D eigenvalue weighted by Crippen LogP contribution is 2.37. The molecule has 2 aliphatic rings. The van der Waals surface area contributed by atoms with Crippen LogP contribution in [0, 0.1) is 0 Å². The van der Waals surface area contributed by atoms with Gasteiger partial charge in [-0.1, -0.05) is 0 Å². The van der Waals surface area contributed by atoms with Gasteiger partial charge in [0.1, 0.15) is 5.75 Å². The van der Waals surface area contributed by atoms with Gasteiger partial charge in [0.15, 0.2) is 11.5 Å². The van der Waals surface area contributed by atoms with Crippen LogP contribution in [-0.4, -0.2) is 43.1 Å². The van der Waals surface area contributed by atoms with Crippen LogP contribution in [0.15, 0.2) is 12.1 Å². The molecule has 1 saturated heterocycles. The van der Waals surface area contributed by atoms with Gasteiger partial charge in [0.05, 0.1) is 13.2 Å². The zero-order valence-corrected chi connectivity index (χ0v) is 9.52. The molecule has 5 heteroatoms. The summed E-state index contributed by atoms with van der Waals surface area (Å²) in [6.07, 6.45) is 0. The number of ether oxygens (including phenoxy) is 3. The molecule has 3 rings (SSSR count). The molecule has 0 atom stereocenters. The summed E-state index contributed by atoms with van der Waals surface area (Å²) < 4.78 is 15.8. The highest BCUT2D eigenvalue weighted by atomic mass is 16.7. The van der Waals surface area contributed by atoms with E-state index in [1.165, 1.54) is 0 Å². The van der Waals surface area contributed by atoms with Crippen LogP contribution in [0.3, 0.4) is 0 Å². The molecular weight excluding hydrogens is 222 g/mol. The first-order valence-electron chi connectivity index (χ1n) is 5.74. The Kier molecular flexibility index (Phi) is 2.78. The SMILES string of the molecule is Oc1cc2c(cc1CN1CCOCC1)OCO2. The number of hydrogen-bond donors (Lipinski definition) is 1. The fourth-order valence-corrected chi connectivity index (χ4v) is 2.10. The molecule has 0 spiro atoms. The molecule has 0 aromatic heterocycles. The average molecular weight is 237 g/mol. The minimum atomic E-state index is 0.232. The van der Waals surface area contributed by atoms with Gasteiger partial charge in [-0.05, 0) is 6.07 Å². The molecule has 1 aromatic rings. The first-order chi connectivity index (χ1) is 8.33. The van der Waals surface area contributed by atoms with Crippen LogP contribution < -0.4 is 9.47 Å². The second-order valence-corrected chi connectivity index (χ2v) is 4.22. The number of hydrogen-bond acceptors (Lipinski definition) is 5. The molecule has 2 aliphatic heterocycles. The van der Waals surface area contributed by atoms with E-state index in [9.17, 15) is 5.11 Å². The van der Waals surface area contributed by atoms with E-state index < -0.39 is 0 Å². The highest BCUT2D eigenvalue weighted by molar-refractivity contribution is 5.51. The second-order valence-electron chi connectivity index (χ2n) is 4.22. The smallest absolute Gasteiger partial charge is 0.231 e. The number of phenolic OH excluding ortho intramolecular Hbond substituents is 1. The number of morpholine rings is 1. The van der Waals surface area contributed by atoms with Crippen molar-refractivity contribution in [3.63, 3.8) is 0 Å². The Morgan fingerprint density at radius 3 is 2.59 bits per heavy atom.